The first kappa shape index (κ1) is 14.3. The third-order valence-electron chi connectivity index (χ3n) is 6.93. The molecule has 1 saturated carbocycles. The van der Waals surface area contributed by atoms with E-state index >= 15 is 0 Å². The Kier molecular flexibility index (Phi) is 2.69. The van der Waals surface area contributed by atoms with Crippen molar-refractivity contribution in [3.63, 3.8) is 0 Å². The maximum Gasteiger partial charge on any atom is 0.119 e. The van der Waals surface area contributed by atoms with E-state index in [1.165, 1.54) is 11.1 Å². The number of hydrogen-bond donors (Lipinski definition) is 1. The van der Waals surface area contributed by atoms with Crippen molar-refractivity contribution in [2.45, 2.75) is 37.6 Å². The molecular weight excluding hydrogens is 274 g/mol. The number of ether oxygens (including phenoxy) is 1. The zero-order chi connectivity index (χ0) is 15.8. The molecule has 4 rings (SSSR count). The predicted molar refractivity (Wildman–Crippen MR) is 87.3 cm³/mol. The molecule has 2 aliphatic carbocycles. The number of fused-ring (bicyclic) bond motifs is 2. The highest BCUT2D eigenvalue weighted by atomic mass is 16.5. The SMILES string of the molecule is C=CCOCCN1CC23c4c(O)cccc4C2(C)C(C)(C)C13. The average Bonchev–Trinajstić information content (AvgIpc) is 2.44. The van der Waals surface area contributed by atoms with Gasteiger partial charge in [0.2, 0.25) is 0 Å². The van der Waals surface area contributed by atoms with Gasteiger partial charge in [-0.05, 0) is 17.0 Å². The van der Waals surface area contributed by atoms with Crippen LogP contribution < -0.4 is 0 Å². The summed E-state index contributed by atoms with van der Waals surface area (Å²) >= 11 is 0. The standard InChI is InChI=1S/C19H25NO2/c1-5-10-22-11-9-20-12-19-15-13(7-6-8-14(15)21)18(19,4)17(2,3)16(19)20/h5-8,16,21H,1,9-12H2,2-4H3. The summed E-state index contributed by atoms with van der Waals surface area (Å²) in [6.45, 7) is 14.2. The lowest BCUT2D eigenvalue weighted by Crippen LogP contribution is -2.95. The lowest BCUT2D eigenvalue weighted by atomic mass is 9.22. The minimum Gasteiger partial charge on any atom is -0.508 e. The van der Waals surface area contributed by atoms with Gasteiger partial charge in [-0.2, -0.15) is 0 Å². The number of nitrogens with zero attached hydrogens (tertiary/aromatic N) is 1. The second kappa shape index (κ2) is 4.15. The van der Waals surface area contributed by atoms with Gasteiger partial charge in [-0.15, -0.1) is 6.58 Å². The highest BCUT2D eigenvalue weighted by Gasteiger charge is 2.87. The van der Waals surface area contributed by atoms with Crippen LogP contribution >= 0.6 is 0 Å². The molecule has 3 aliphatic rings. The van der Waals surface area contributed by atoms with Crippen LogP contribution in [0.1, 0.15) is 31.9 Å². The third kappa shape index (κ3) is 1.20. The Bertz CT molecular complexity index is 653. The quantitative estimate of drug-likeness (QED) is 0.670. The van der Waals surface area contributed by atoms with Gasteiger partial charge >= 0.3 is 0 Å². The van der Waals surface area contributed by atoms with Crippen LogP contribution in [0.15, 0.2) is 30.9 Å². The molecule has 0 bridgehead atoms. The first-order chi connectivity index (χ1) is 10.4. The van der Waals surface area contributed by atoms with Crippen LogP contribution in [0.2, 0.25) is 0 Å². The molecule has 0 aromatic heterocycles. The molecule has 1 saturated heterocycles. The van der Waals surface area contributed by atoms with Crippen molar-refractivity contribution in [3.05, 3.63) is 42.0 Å². The minimum absolute atomic E-state index is 0.162. The topological polar surface area (TPSA) is 32.7 Å². The van der Waals surface area contributed by atoms with Crippen molar-refractivity contribution in [1.82, 2.24) is 4.90 Å². The van der Waals surface area contributed by atoms with Gasteiger partial charge in [-0.1, -0.05) is 39.0 Å². The Morgan fingerprint density at radius 1 is 1.41 bits per heavy atom. The monoisotopic (exact) mass is 299 g/mol. The number of likely N-dealkylation sites (tertiary alicyclic amines) is 1. The van der Waals surface area contributed by atoms with E-state index in [4.69, 9.17) is 4.74 Å². The minimum atomic E-state index is 0.162. The van der Waals surface area contributed by atoms with Crippen LogP contribution in [0, 0.1) is 5.41 Å². The Hall–Kier alpha value is -1.32. The summed E-state index contributed by atoms with van der Waals surface area (Å²) in [5.41, 5.74) is 3.15. The van der Waals surface area contributed by atoms with Crippen molar-refractivity contribution in [1.29, 1.82) is 0 Å². The van der Waals surface area contributed by atoms with Gasteiger partial charge in [0.05, 0.1) is 13.2 Å². The molecule has 0 radical (unpaired) electrons. The molecule has 3 unspecified atom stereocenters. The fourth-order valence-electron chi connectivity index (χ4n) is 5.94. The number of benzene rings is 1. The van der Waals surface area contributed by atoms with Crippen LogP contribution in [0.3, 0.4) is 0 Å². The normalized spacial score (nSPS) is 37.0. The summed E-state index contributed by atoms with van der Waals surface area (Å²) in [6.07, 6.45) is 1.79. The third-order valence-corrected chi connectivity index (χ3v) is 6.93. The fraction of sp³-hybridized carbons (Fsp3) is 0.579. The number of hydrogen-bond acceptors (Lipinski definition) is 3. The van der Waals surface area contributed by atoms with E-state index in [-0.39, 0.29) is 16.2 Å². The zero-order valence-electron chi connectivity index (χ0n) is 13.7. The number of rotatable bonds is 5. The second-order valence-electron chi connectivity index (χ2n) is 7.75. The van der Waals surface area contributed by atoms with Gasteiger partial charge < -0.3 is 9.84 Å². The molecule has 1 aromatic carbocycles. The molecule has 1 heterocycles. The molecular formula is C19H25NO2. The first-order valence-electron chi connectivity index (χ1n) is 8.18. The number of phenols is 1. The predicted octanol–water partition coefficient (Wildman–Crippen LogP) is 2.83. The van der Waals surface area contributed by atoms with E-state index in [1.807, 2.05) is 12.1 Å². The highest BCUT2D eigenvalue weighted by Crippen LogP contribution is 2.82. The van der Waals surface area contributed by atoms with Gasteiger partial charge in [0.25, 0.3) is 0 Å². The lowest BCUT2D eigenvalue weighted by Gasteiger charge is -2.88. The molecule has 1 N–H and O–H groups in total. The Morgan fingerprint density at radius 3 is 2.91 bits per heavy atom. The molecule has 3 atom stereocenters. The summed E-state index contributed by atoms with van der Waals surface area (Å²) in [7, 11) is 0. The number of phenolic OH excluding ortho intramolecular Hbond substituents is 1. The average molecular weight is 299 g/mol. The summed E-state index contributed by atoms with van der Waals surface area (Å²) < 4.78 is 5.55. The summed E-state index contributed by atoms with van der Waals surface area (Å²) in [6, 6.07) is 6.53. The largest absolute Gasteiger partial charge is 0.508 e. The van der Waals surface area contributed by atoms with Gasteiger partial charge in [-0.25, -0.2) is 0 Å². The van der Waals surface area contributed by atoms with E-state index < -0.39 is 0 Å². The van der Waals surface area contributed by atoms with Crippen molar-refractivity contribution < 1.29 is 9.84 Å². The molecule has 1 aliphatic heterocycles. The molecule has 22 heavy (non-hydrogen) atoms. The lowest BCUT2D eigenvalue weighted by molar-refractivity contribution is -0.274. The molecule has 1 spiro atoms. The zero-order valence-corrected chi connectivity index (χ0v) is 13.7. The van der Waals surface area contributed by atoms with Crippen molar-refractivity contribution in [2.75, 3.05) is 26.3 Å². The summed E-state index contributed by atoms with van der Waals surface area (Å²) in [4.78, 5) is 2.53. The summed E-state index contributed by atoms with van der Waals surface area (Å²) in [5, 5.41) is 10.4. The van der Waals surface area contributed by atoms with E-state index in [9.17, 15) is 5.11 Å². The van der Waals surface area contributed by atoms with Gasteiger partial charge in [-0.3, -0.25) is 4.90 Å². The Morgan fingerprint density at radius 2 is 2.18 bits per heavy atom. The van der Waals surface area contributed by atoms with Gasteiger partial charge in [0, 0.05) is 35.5 Å². The fourth-order valence-corrected chi connectivity index (χ4v) is 5.94. The van der Waals surface area contributed by atoms with Crippen molar-refractivity contribution in [3.8, 4) is 5.75 Å². The maximum atomic E-state index is 10.4. The van der Waals surface area contributed by atoms with Crippen molar-refractivity contribution in [2.24, 2.45) is 5.41 Å². The molecule has 1 aromatic rings. The van der Waals surface area contributed by atoms with Crippen LogP contribution in [-0.4, -0.2) is 42.4 Å². The molecule has 2 fully saturated rings. The molecule has 0 amide bonds. The van der Waals surface area contributed by atoms with Crippen LogP contribution in [-0.2, 0) is 15.6 Å². The van der Waals surface area contributed by atoms with Crippen LogP contribution in [0.5, 0.6) is 5.75 Å². The van der Waals surface area contributed by atoms with E-state index in [1.54, 1.807) is 6.08 Å². The number of aromatic hydroxyl groups is 1. The molecule has 3 nitrogen and oxygen atoms in total. The Balaban J connectivity index is 1.61. The van der Waals surface area contributed by atoms with Gasteiger partial charge in [0.1, 0.15) is 5.75 Å². The maximum absolute atomic E-state index is 10.4. The van der Waals surface area contributed by atoms with Crippen LogP contribution in [0.25, 0.3) is 0 Å². The van der Waals surface area contributed by atoms with Crippen molar-refractivity contribution >= 4 is 0 Å². The highest BCUT2D eigenvalue weighted by molar-refractivity contribution is 5.70. The van der Waals surface area contributed by atoms with E-state index in [2.05, 4.69) is 38.3 Å². The van der Waals surface area contributed by atoms with E-state index in [0.717, 1.165) is 19.7 Å². The smallest absolute Gasteiger partial charge is 0.119 e. The Labute approximate surface area is 132 Å². The summed E-state index contributed by atoms with van der Waals surface area (Å²) in [5.74, 6) is 0.484. The molecule has 3 heteroatoms. The van der Waals surface area contributed by atoms with E-state index in [0.29, 0.717) is 18.4 Å². The van der Waals surface area contributed by atoms with Gasteiger partial charge in [0.15, 0.2) is 0 Å². The second-order valence-corrected chi connectivity index (χ2v) is 7.75. The molecule has 118 valence electrons. The number of piperidine rings is 1. The first-order valence-corrected chi connectivity index (χ1v) is 8.18. The van der Waals surface area contributed by atoms with Crippen LogP contribution in [0.4, 0.5) is 0 Å².